The molecule has 1 aromatic rings. The second kappa shape index (κ2) is 13.2. The summed E-state index contributed by atoms with van der Waals surface area (Å²) in [6.07, 6.45) is 3.61. The number of hydrogen-bond acceptors (Lipinski definition) is 3. The van der Waals surface area contributed by atoms with E-state index in [0.29, 0.717) is 24.6 Å². The zero-order chi connectivity index (χ0) is 18.8. The minimum absolute atomic E-state index is 0. The van der Waals surface area contributed by atoms with Crippen molar-refractivity contribution in [2.75, 3.05) is 19.6 Å². The highest BCUT2D eigenvalue weighted by Crippen LogP contribution is 2.12. The van der Waals surface area contributed by atoms with Gasteiger partial charge in [-0.1, -0.05) is 0 Å². The fraction of sp³-hybridized carbons (Fsp3) is 0.765. The van der Waals surface area contributed by atoms with E-state index in [-0.39, 0.29) is 36.3 Å². The third-order valence-corrected chi connectivity index (χ3v) is 3.89. The lowest BCUT2D eigenvalue weighted by Crippen LogP contribution is -2.41. The first kappa shape index (κ1) is 25.0. The number of guanidine groups is 1. The van der Waals surface area contributed by atoms with Gasteiger partial charge in [0.15, 0.2) is 5.96 Å². The number of nitrogens with zero attached hydrogens (tertiary/aromatic N) is 4. The number of nitrogens with one attached hydrogen (secondary N) is 2. The number of hydrogen-bond donors (Lipinski definition) is 2. The van der Waals surface area contributed by atoms with Crippen LogP contribution in [0.1, 0.15) is 53.4 Å². The van der Waals surface area contributed by atoms with Gasteiger partial charge in [-0.2, -0.15) is 8.78 Å². The minimum atomic E-state index is -2.60. The summed E-state index contributed by atoms with van der Waals surface area (Å²) < 4.78 is 26.5. The molecule has 6 nitrogen and oxygen atoms in total. The second-order valence-electron chi connectivity index (χ2n) is 6.43. The third-order valence-electron chi connectivity index (χ3n) is 3.89. The predicted molar refractivity (Wildman–Crippen MR) is 113 cm³/mol. The summed E-state index contributed by atoms with van der Waals surface area (Å²) in [5.74, 6) is 0.866. The molecule has 1 heterocycles. The van der Waals surface area contributed by atoms with E-state index >= 15 is 0 Å². The second-order valence-corrected chi connectivity index (χ2v) is 6.43. The zero-order valence-corrected chi connectivity index (χ0v) is 18.7. The maximum Gasteiger partial charge on any atom is 0.319 e. The van der Waals surface area contributed by atoms with Crippen molar-refractivity contribution in [1.29, 1.82) is 0 Å². The molecule has 0 spiro atoms. The first-order valence-electron chi connectivity index (χ1n) is 8.94. The molecule has 0 bridgehead atoms. The summed E-state index contributed by atoms with van der Waals surface area (Å²) in [5, 5.41) is 6.38. The summed E-state index contributed by atoms with van der Waals surface area (Å²) in [6.45, 7) is 10.7. The molecule has 0 amide bonds. The van der Waals surface area contributed by atoms with Gasteiger partial charge in [-0.3, -0.25) is 9.47 Å². The van der Waals surface area contributed by atoms with E-state index in [9.17, 15) is 8.78 Å². The van der Waals surface area contributed by atoms with Crippen molar-refractivity contribution >= 4 is 29.9 Å². The number of alkyl halides is 2. The van der Waals surface area contributed by atoms with E-state index in [1.807, 2.05) is 6.92 Å². The predicted octanol–water partition coefficient (Wildman–Crippen LogP) is 3.46. The minimum Gasteiger partial charge on any atom is -0.357 e. The fourth-order valence-electron chi connectivity index (χ4n) is 2.72. The van der Waals surface area contributed by atoms with Gasteiger partial charge in [0.1, 0.15) is 12.4 Å². The number of imidazole rings is 1. The average molecular weight is 486 g/mol. The SMILES string of the molecule is CCNC(=NCc1nccn1C(F)F)NCCCN(C(C)C)C(C)C.I. The van der Waals surface area contributed by atoms with Crippen molar-refractivity contribution in [2.24, 2.45) is 4.99 Å². The van der Waals surface area contributed by atoms with Crippen molar-refractivity contribution in [1.82, 2.24) is 25.1 Å². The Hall–Kier alpha value is -0.970. The van der Waals surface area contributed by atoms with E-state index in [4.69, 9.17) is 0 Å². The van der Waals surface area contributed by atoms with Gasteiger partial charge in [-0.25, -0.2) is 9.98 Å². The molecule has 0 saturated carbocycles. The van der Waals surface area contributed by atoms with Crippen LogP contribution in [0.3, 0.4) is 0 Å². The van der Waals surface area contributed by atoms with E-state index in [1.54, 1.807) is 0 Å². The zero-order valence-electron chi connectivity index (χ0n) is 16.4. The summed E-state index contributed by atoms with van der Waals surface area (Å²) >= 11 is 0. The van der Waals surface area contributed by atoms with Crippen LogP contribution in [0.2, 0.25) is 0 Å². The maximum absolute atomic E-state index is 12.8. The van der Waals surface area contributed by atoms with Crippen LogP contribution in [0.4, 0.5) is 8.78 Å². The van der Waals surface area contributed by atoms with Crippen LogP contribution in [-0.4, -0.2) is 52.1 Å². The standard InChI is InChI=1S/C17H32F2N6.HI/c1-6-20-17(22-8-7-10-24(13(2)3)14(4)5)23-12-15-21-9-11-25(15)16(18)19;/h9,11,13-14,16H,6-8,10,12H2,1-5H3,(H2,20,22,23);1H. The largest absolute Gasteiger partial charge is 0.357 e. The van der Waals surface area contributed by atoms with Crippen molar-refractivity contribution in [3.63, 3.8) is 0 Å². The normalized spacial score (nSPS) is 12.2. The quantitative estimate of drug-likeness (QED) is 0.230. The Morgan fingerprint density at radius 1 is 1.23 bits per heavy atom. The third kappa shape index (κ3) is 8.61. The lowest BCUT2D eigenvalue weighted by Gasteiger charge is -2.30. The van der Waals surface area contributed by atoms with E-state index < -0.39 is 6.55 Å². The van der Waals surface area contributed by atoms with Crippen LogP contribution < -0.4 is 10.6 Å². The van der Waals surface area contributed by atoms with Crippen molar-refractivity contribution < 1.29 is 8.78 Å². The smallest absolute Gasteiger partial charge is 0.319 e. The molecule has 0 aliphatic heterocycles. The van der Waals surface area contributed by atoms with Crippen molar-refractivity contribution in [2.45, 2.75) is 66.2 Å². The van der Waals surface area contributed by atoms with E-state index in [1.165, 1.54) is 12.4 Å². The summed E-state index contributed by atoms with van der Waals surface area (Å²) in [5.41, 5.74) is 0. The Morgan fingerprint density at radius 2 is 1.88 bits per heavy atom. The first-order chi connectivity index (χ1) is 11.9. The first-order valence-corrected chi connectivity index (χ1v) is 8.94. The van der Waals surface area contributed by atoms with Gasteiger partial charge in [0.05, 0.1) is 0 Å². The lowest BCUT2D eigenvalue weighted by molar-refractivity contribution is 0.0671. The van der Waals surface area contributed by atoms with Gasteiger partial charge in [0.2, 0.25) is 0 Å². The topological polar surface area (TPSA) is 57.5 Å². The number of aromatic nitrogens is 2. The molecule has 0 fully saturated rings. The van der Waals surface area contributed by atoms with Crippen molar-refractivity contribution in [3.8, 4) is 0 Å². The molecule has 0 radical (unpaired) electrons. The van der Waals surface area contributed by atoms with Gasteiger partial charge >= 0.3 is 6.55 Å². The lowest BCUT2D eigenvalue weighted by atomic mass is 10.2. The monoisotopic (exact) mass is 486 g/mol. The Balaban J connectivity index is 0.00000625. The fourth-order valence-corrected chi connectivity index (χ4v) is 2.72. The Morgan fingerprint density at radius 3 is 2.42 bits per heavy atom. The molecule has 9 heteroatoms. The van der Waals surface area contributed by atoms with Crippen LogP contribution in [0.15, 0.2) is 17.4 Å². The maximum atomic E-state index is 12.8. The van der Waals surface area contributed by atoms with E-state index in [0.717, 1.165) is 24.1 Å². The molecule has 26 heavy (non-hydrogen) atoms. The molecule has 1 aromatic heterocycles. The van der Waals surface area contributed by atoms with Gasteiger partial charge in [0.25, 0.3) is 0 Å². The average Bonchev–Trinajstić information content (AvgIpc) is 3.00. The highest BCUT2D eigenvalue weighted by Gasteiger charge is 2.13. The van der Waals surface area contributed by atoms with Gasteiger partial charge in [-0.15, -0.1) is 24.0 Å². The van der Waals surface area contributed by atoms with Crippen molar-refractivity contribution in [3.05, 3.63) is 18.2 Å². The molecule has 1 rings (SSSR count). The van der Waals surface area contributed by atoms with E-state index in [2.05, 4.69) is 53.2 Å². The van der Waals surface area contributed by atoms with Gasteiger partial charge in [-0.05, 0) is 41.0 Å². The molecular weight excluding hydrogens is 453 g/mol. The molecule has 152 valence electrons. The number of halogens is 3. The Kier molecular flexibility index (Phi) is 12.7. The highest BCUT2D eigenvalue weighted by atomic mass is 127. The Labute approximate surface area is 172 Å². The highest BCUT2D eigenvalue weighted by molar-refractivity contribution is 14.0. The molecule has 0 saturated heterocycles. The molecule has 0 aliphatic rings. The van der Waals surface area contributed by atoms with Crippen LogP contribution in [0.5, 0.6) is 0 Å². The summed E-state index contributed by atoms with van der Waals surface area (Å²) in [6, 6.07) is 1.02. The van der Waals surface area contributed by atoms with Gasteiger partial charge in [0, 0.05) is 44.1 Å². The number of rotatable bonds is 10. The molecule has 2 N–H and O–H groups in total. The van der Waals surface area contributed by atoms with Crippen LogP contribution in [-0.2, 0) is 6.54 Å². The van der Waals surface area contributed by atoms with Crippen LogP contribution in [0.25, 0.3) is 0 Å². The van der Waals surface area contributed by atoms with Gasteiger partial charge < -0.3 is 10.6 Å². The molecule has 0 unspecified atom stereocenters. The van der Waals surface area contributed by atoms with Crippen LogP contribution in [0, 0.1) is 0 Å². The molecular formula is C17H33F2IN6. The Bertz CT molecular complexity index is 511. The summed E-state index contributed by atoms with van der Waals surface area (Å²) in [4.78, 5) is 10.7. The molecule has 0 aromatic carbocycles. The molecule has 0 aliphatic carbocycles. The molecule has 0 atom stereocenters. The number of aliphatic imine (C=N–C) groups is 1. The van der Waals surface area contributed by atoms with Crippen LogP contribution >= 0.6 is 24.0 Å². The summed E-state index contributed by atoms with van der Waals surface area (Å²) in [7, 11) is 0.